The highest BCUT2D eigenvalue weighted by Gasteiger charge is 2.10. The first-order valence-corrected chi connectivity index (χ1v) is 7.33. The number of carbonyl (C=O) groups excluding carboxylic acids is 1. The van der Waals surface area contributed by atoms with Gasteiger partial charge in [-0.15, -0.1) is 0 Å². The van der Waals surface area contributed by atoms with Crippen molar-refractivity contribution in [1.82, 2.24) is 15.3 Å². The number of para-hydroxylation sites is 2. The van der Waals surface area contributed by atoms with E-state index in [9.17, 15) is 4.79 Å². The van der Waals surface area contributed by atoms with Gasteiger partial charge in [-0.1, -0.05) is 41.4 Å². The molecule has 0 unspecified atom stereocenters. The average molecular weight is 332 g/mol. The molecule has 0 saturated carbocycles. The number of nitrogens with zero attached hydrogens (tertiary/aromatic N) is 2. The summed E-state index contributed by atoms with van der Waals surface area (Å²) in [6, 6.07) is 12.5. The normalized spacial score (nSPS) is 10.6. The minimum atomic E-state index is -0.302. The van der Waals surface area contributed by atoms with Crippen molar-refractivity contribution < 1.29 is 4.79 Å². The quantitative estimate of drug-likeness (QED) is 0.792. The summed E-state index contributed by atoms with van der Waals surface area (Å²) >= 11 is 11.9. The standard InChI is InChI=1S/C16H11Cl2N3O/c17-11-6-5-10(12(18)7-11)8-20-16(22)15-9-19-13-3-1-2-4-14(13)21-15/h1-7,9H,8H2,(H,20,22). The van der Waals surface area contributed by atoms with Gasteiger partial charge in [0.05, 0.1) is 17.2 Å². The highest BCUT2D eigenvalue weighted by Crippen LogP contribution is 2.20. The molecule has 0 bridgehead atoms. The number of rotatable bonds is 3. The van der Waals surface area contributed by atoms with Gasteiger partial charge in [-0.05, 0) is 29.8 Å². The van der Waals surface area contributed by atoms with Crippen LogP contribution < -0.4 is 5.32 Å². The van der Waals surface area contributed by atoms with Gasteiger partial charge < -0.3 is 5.32 Å². The number of hydrogen-bond donors (Lipinski definition) is 1. The first-order valence-electron chi connectivity index (χ1n) is 6.57. The highest BCUT2D eigenvalue weighted by molar-refractivity contribution is 6.35. The molecule has 110 valence electrons. The van der Waals surface area contributed by atoms with Gasteiger partial charge in [0.1, 0.15) is 5.69 Å². The first-order chi connectivity index (χ1) is 10.6. The number of halogens is 2. The van der Waals surface area contributed by atoms with Crippen LogP contribution in [-0.4, -0.2) is 15.9 Å². The second kappa shape index (κ2) is 6.30. The fourth-order valence-electron chi connectivity index (χ4n) is 2.00. The van der Waals surface area contributed by atoms with Crippen molar-refractivity contribution in [2.24, 2.45) is 0 Å². The molecule has 4 nitrogen and oxygen atoms in total. The predicted molar refractivity (Wildman–Crippen MR) is 87.2 cm³/mol. The number of carbonyl (C=O) groups is 1. The molecule has 0 spiro atoms. The number of nitrogens with one attached hydrogen (secondary N) is 1. The van der Waals surface area contributed by atoms with Gasteiger partial charge in [0.15, 0.2) is 0 Å². The van der Waals surface area contributed by atoms with Crippen LogP contribution in [0.4, 0.5) is 0 Å². The molecule has 0 aliphatic rings. The Hall–Kier alpha value is -2.17. The third kappa shape index (κ3) is 3.18. The zero-order chi connectivity index (χ0) is 15.5. The van der Waals surface area contributed by atoms with Crippen molar-refractivity contribution in [1.29, 1.82) is 0 Å². The van der Waals surface area contributed by atoms with E-state index >= 15 is 0 Å². The second-order valence-electron chi connectivity index (χ2n) is 4.66. The summed E-state index contributed by atoms with van der Waals surface area (Å²) in [4.78, 5) is 20.7. The maximum atomic E-state index is 12.2. The Kier molecular flexibility index (Phi) is 4.22. The van der Waals surface area contributed by atoms with Crippen LogP contribution in [0.1, 0.15) is 16.1 Å². The summed E-state index contributed by atoms with van der Waals surface area (Å²) in [5.41, 5.74) is 2.48. The lowest BCUT2D eigenvalue weighted by atomic mass is 10.2. The van der Waals surface area contributed by atoms with E-state index in [-0.39, 0.29) is 11.6 Å². The molecule has 0 atom stereocenters. The topological polar surface area (TPSA) is 54.9 Å². The Bertz CT molecular complexity index is 852. The Balaban J connectivity index is 1.75. The van der Waals surface area contributed by atoms with Crippen molar-refractivity contribution in [3.8, 4) is 0 Å². The predicted octanol–water partition coefficient (Wildman–Crippen LogP) is 3.87. The van der Waals surface area contributed by atoms with Gasteiger partial charge >= 0.3 is 0 Å². The molecule has 22 heavy (non-hydrogen) atoms. The summed E-state index contributed by atoms with van der Waals surface area (Å²) in [5.74, 6) is -0.302. The summed E-state index contributed by atoms with van der Waals surface area (Å²) in [7, 11) is 0. The maximum Gasteiger partial charge on any atom is 0.271 e. The second-order valence-corrected chi connectivity index (χ2v) is 5.51. The van der Waals surface area contributed by atoms with Crippen LogP contribution in [0.3, 0.4) is 0 Å². The van der Waals surface area contributed by atoms with E-state index in [1.165, 1.54) is 6.20 Å². The molecule has 2 aromatic carbocycles. The van der Waals surface area contributed by atoms with Crippen molar-refractivity contribution in [2.75, 3.05) is 0 Å². The SMILES string of the molecule is O=C(NCc1ccc(Cl)cc1Cl)c1cnc2ccccc2n1. The zero-order valence-corrected chi connectivity index (χ0v) is 12.9. The van der Waals surface area contributed by atoms with Crippen molar-refractivity contribution in [2.45, 2.75) is 6.54 Å². The van der Waals surface area contributed by atoms with E-state index in [1.807, 2.05) is 24.3 Å². The molecule has 3 rings (SSSR count). The Labute approximate surface area is 137 Å². The third-order valence-electron chi connectivity index (χ3n) is 3.14. The van der Waals surface area contributed by atoms with Crippen LogP contribution in [0.2, 0.25) is 10.0 Å². The van der Waals surface area contributed by atoms with Gasteiger partial charge in [0, 0.05) is 16.6 Å². The smallest absolute Gasteiger partial charge is 0.271 e. The van der Waals surface area contributed by atoms with Crippen molar-refractivity contribution >= 4 is 40.1 Å². The summed E-state index contributed by atoms with van der Waals surface area (Å²) < 4.78 is 0. The van der Waals surface area contributed by atoms with E-state index in [2.05, 4.69) is 15.3 Å². The summed E-state index contributed by atoms with van der Waals surface area (Å²) in [6.07, 6.45) is 1.46. The Morgan fingerprint density at radius 3 is 2.64 bits per heavy atom. The highest BCUT2D eigenvalue weighted by atomic mass is 35.5. The Morgan fingerprint density at radius 2 is 1.86 bits per heavy atom. The van der Waals surface area contributed by atoms with Crippen LogP contribution in [-0.2, 0) is 6.54 Å². The molecule has 1 amide bonds. The van der Waals surface area contributed by atoms with E-state index in [0.29, 0.717) is 22.1 Å². The van der Waals surface area contributed by atoms with Crippen LogP contribution in [0.5, 0.6) is 0 Å². The van der Waals surface area contributed by atoms with Gasteiger partial charge in [0.2, 0.25) is 0 Å². The van der Waals surface area contributed by atoms with Crippen LogP contribution in [0.25, 0.3) is 11.0 Å². The molecular weight excluding hydrogens is 321 g/mol. The lowest BCUT2D eigenvalue weighted by molar-refractivity contribution is 0.0946. The monoisotopic (exact) mass is 331 g/mol. The molecule has 6 heteroatoms. The van der Waals surface area contributed by atoms with E-state index in [1.54, 1.807) is 18.2 Å². The number of aromatic nitrogens is 2. The van der Waals surface area contributed by atoms with E-state index in [0.717, 1.165) is 11.1 Å². The van der Waals surface area contributed by atoms with E-state index in [4.69, 9.17) is 23.2 Å². The van der Waals surface area contributed by atoms with Gasteiger partial charge in [-0.2, -0.15) is 0 Å². The van der Waals surface area contributed by atoms with Crippen LogP contribution in [0, 0.1) is 0 Å². The molecule has 3 aromatic rings. The molecule has 0 aliphatic carbocycles. The van der Waals surface area contributed by atoms with E-state index < -0.39 is 0 Å². The van der Waals surface area contributed by atoms with Gasteiger partial charge in [-0.25, -0.2) is 4.98 Å². The molecule has 1 heterocycles. The lowest BCUT2D eigenvalue weighted by Crippen LogP contribution is -2.24. The van der Waals surface area contributed by atoms with Gasteiger partial charge in [0.25, 0.3) is 5.91 Å². The minimum absolute atomic E-state index is 0.267. The van der Waals surface area contributed by atoms with Crippen molar-refractivity contribution in [3.63, 3.8) is 0 Å². The molecule has 0 aliphatic heterocycles. The fraction of sp³-hybridized carbons (Fsp3) is 0.0625. The number of benzene rings is 2. The molecule has 1 aromatic heterocycles. The summed E-state index contributed by atoms with van der Waals surface area (Å²) in [5, 5.41) is 3.84. The lowest BCUT2D eigenvalue weighted by Gasteiger charge is -2.07. The number of hydrogen-bond acceptors (Lipinski definition) is 3. The first kappa shape index (κ1) is 14.8. The molecule has 1 N–H and O–H groups in total. The van der Waals surface area contributed by atoms with Gasteiger partial charge in [-0.3, -0.25) is 9.78 Å². The largest absolute Gasteiger partial charge is 0.347 e. The van der Waals surface area contributed by atoms with Crippen LogP contribution in [0.15, 0.2) is 48.7 Å². The summed E-state index contributed by atoms with van der Waals surface area (Å²) in [6.45, 7) is 0.295. The maximum absolute atomic E-state index is 12.2. The fourth-order valence-corrected chi connectivity index (χ4v) is 2.47. The minimum Gasteiger partial charge on any atom is -0.347 e. The average Bonchev–Trinajstić information content (AvgIpc) is 2.53. The zero-order valence-electron chi connectivity index (χ0n) is 11.4. The number of amides is 1. The molecular formula is C16H11Cl2N3O. The molecule has 0 radical (unpaired) electrons. The molecule has 0 fully saturated rings. The van der Waals surface area contributed by atoms with Crippen molar-refractivity contribution in [3.05, 3.63) is 70.0 Å². The number of fused-ring (bicyclic) bond motifs is 1. The Morgan fingerprint density at radius 1 is 1.09 bits per heavy atom. The third-order valence-corrected chi connectivity index (χ3v) is 3.72. The van der Waals surface area contributed by atoms with Crippen LogP contribution >= 0.6 is 23.2 Å². The molecule has 0 saturated heterocycles.